The van der Waals surface area contributed by atoms with Crippen LogP contribution in [-0.4, -0.2) is 11.8 Å². The molecule has 0 heterocycles. The highest BCUT2D eigenvalue weighted by atomic mass is 35.5. The summed E-state index contributed by atoms with van der Waals surface area (Å²) in [6.07, 6.45) is 7.65. The van der Waals surface area contributed by atoms with E-state index >= 15 is 0 Å². The van der Waals surface area contributed by atoms with Crippen molar-refractivity contribution in [2.75, 3.05) is 6.61 Å². The van der Waals surface area contributed by atoms with Crippen molar-refractivity contribution >= 4 is 16.8 Å². The van der Waals surface area contributed by atoms with Crippen molar-refractivity contribution in [1.29, 1.82) is 0 Å². The second kappa shape index (κ2) is 7.91. The van der Waals surface area contributed by atoms with E-state index in [0.717, 1.165) is 12.2 Å². The number of benzene rings is 1. The first kappa shape index (κ1) is 13.8. The van der Waals surface area contributed by atoms with E-state index in [2.05, 4.69) is 13.0 Å². The van der Waals surface area contributed by atoms with Gasteiger partial charge in [-0.1, -0.05) is 31.9 Å². The van der Waals surface area contributed by atoms with E-state index in [0.29, 0.717) is 12.2 Å². The molecule has 0 aliphatic heterocycles. The van der Waals surface area contributed by atoms with Gasteiger partial charge in [-0.2, -0.15) is 0 Å². The van der Waals surface area contributed by atoms with Crippen LogP contribution in [0.4, 0.5) is 0 Å². The number of ether oxygens (including phenoxy) is 1. The van der Waals surface area contributed by atoms with E-state index in [-0.39, 0.29) is 0 Å². The van der Waals surface area contributed by atoms with Crippen LogP contribution in [0.5, 0.6) is 5.75 Å². The fourth-order valence-corrected chi connectivity index (χ4v) is 1.46. The van der Waals surface area contributed by atoms with Crippen LogP contribution in [-0.2, 0) is 0 Å². The second-order valence-electron chi connectivity index (χ2n) is 3.72. The molecular weight excluding hydrogens is 236 g/mol. The summed E-state index contributed by atoms with van der Waals surface area (Å²) in [5.74, 6) is 0.742. The van der Waals surface area contributed by atoms with Crippen molar-refractivity contribution in [3.63, 3.8) is 0 Å². The predicted octanol–water partition coefficient (Wildman–Crippen LogP) is 4.19. The average molecular weight is 253 g/mol. The highest BCUT2D eigenvalue weighted by Gasteiger charge is 2.00. The smallest absolute Gasteiger partial charge is 0.252 e. The van der Waals surface area contributed by atoms with E-state index in [9.17, 15) is 4.79 Å². The first-order chi connectivity index (χ1) is 8.24. The Labute approximate surface area is 107 Å². The number of rotatable bonds is 7. The number of hydrogen-bond donors (Lipinski definition) is 0. The summed E-state index contributed by atoms with van der Waals surface area (Å²) in [5.41, 5.74) is 0.484. The molecule has 1 aromatic carbocycles. The maximum absolute atomic E-state index is 10.8. The van der Waals surface area contributed by atoms with Crippen LogP contribution in [0.2, 0.25) is 0 Å². The van der Waals surface area contributed by atoms with Gasteiger partial charge in [0.2, 0.25) is 0 Å². The molecule has 0 saturated heterocycles. The summed E-state index contributed by atoms with van der Waals surface area (Å²) in [7, 11) is 0. The molecule has 0 aliphatic rings. The monoisotopic (exact) mass is 252 g/mol. The van der Waals surface area contributed by atoms with Crippen molar-refractivity contribution in [1.82, 2.24) is 0 Å². The number of carbonyl (C=O) groups excluding carboxylic acids is 1. The Morgan fingerprint density at radius 3 is 2.59 bits per heavy atom. The molecule has 1 aromatic rings. The molecule has 0 atom stereocenters. The Balaban J connectivity index is 2.32. The normalized spacial score (nSPS) is 10.7. The van der Waals surface area contributed by atoms with Gasteiger partial charge in [0, 0.05) is 5.56 Å². The fraction of sp³-hybridized carbons (Fsp3) is 0.357. The van der Waals surface area contributed by atoms with Gasteiger partial charge in [0.15, 0.2) is 0 Å². The lowest BCUT2D eigenvalue weighted by molar-refractivity contribution is 0.108. The lowest BCUT2D eigenvalue weighted by Crippen LogP contribution is -1.94. The van der Waals surface area contributed by atoms with Crippen molar-refractivity contribution < 1.29 is 9.53 Å². The number of hydrogen-bond acceptors (Lipinski definition) is 2. The minimum absolute atomic E-state index is 0.448. The molecule has 92 valence electrons. The summed E-state index contributed by atoms with van der Waals surface area (Å²) in [5, 5.41) is -0.448. The fourth-order valence-electron chi connectivity index (χ4n) is 1.33. The molecule has 0 aromatic heterocycles. The minimum Gasteiger partial charge on any atom is -0.490 e. The van der Waals surface area contributed by atoms with Crippen LogP contribution < -0.4 is 4.74 Å². The predicted molar refractivity (Wildman–Crippen MR) is 70.8 cm³/mol. The number of carbonyl (C=O) groups is 1. The van der Waals surface area contributed by atoms with Crippen LogP contribution in [0.25, 0.3) is 0 Å². The Hall–Kier alpha value is -1.28. The van der Waals surface area contributed by atoms with Gasteiger partial charge in [0.25, 0.3) is 5.24 Å². The summed E-state index contributed by atoms with van der Waals surface area (Å²) in [6.45, 7) is 2.72. The zero-order chi connectivity index (χ0) is 12.5. The number of halogens is 1. The van der Waals surface area contributed by atoms with E-state index in [1.807, 2.05) is 6.08 Å². The molecule has 0 N–H and O–H groups in total. The van der Waals surface area contributed by atoms with Gasteiger partial charge in [0.1, 0.15) is 12.4 Å². The quantitative estimate of drug-likeness (QED) is 0.413. The van der Waals surface area contributed by atoms with Crippen molar-refractivity contribution in [3.05, 3.63) is 42.0 Å². The molecule has 0 amide bonds. The largest absolute Gasteiger partial charge is 0.490 e. The topological polar surface area (TPSA) is 26.3 Å². The van der Waals surface area contributed by atoms with Crippen LogP contribution in [0, 0.1) is 0 Å². The van der Waals surface area contributed by atoms with Gasteiger partial charge >= 0.3 is 0 Å². The first-order valence-corrected chi connectivity index (χ1v) is 6.19. The Bertz CT molecular complexity index is 368. The van der Waals surface area contributed by atoms with Crippen molar-refractivity contribution in [2.45, 2.75) is 26.2 Å². The highest BCUT2D eigenvalue weighted by Crippen LogP contribution is 2.13. The molecule has 0 saturated carbocycles. The third-order valence-electron chi connectivity index (χ3n) is 2.32. The average Bonchev–Trinajstić information content (AvgIpc) is 2.34. The number of allylic oxidation sites excluding steroid dienone is 1. The van der Waals surface area contributed by atoms with Crippen LogP contribution in [0.1, 0.15) is 36.5 Å². The van der Waals surface area contributed by atoms with Gasteiger partial charge in [0.05, 0.1) is 0 Å². The lowest BCUT2D eigenvalue weighted by atomic mass is 10.2. The molecule has 17 heavy (non-hydrogen) atoms. The molecule has 3 heteroatoms. The summed E-state index contributed by atoms with van der Waals surface area (Å²) >= 11 is 5.34. The molecule has 0 aliphatic carbocycles. The molecule has 0 radical (unpaired) electrons. The van der Waals surface area contributed by atoms with Crippen LogP contribution in [0.15, 0.2) is 36.4 Å². The van der Waals surface area contributed by atoms with Crippen LogP contribution in [0.3, 0.4) is 0 Å². The Morgan fingerprint density at radius 1 is 1.29 bits per heavy atom. The lowest BCUT2D eigenvalue weighted by Gasteiger charge is -2.03. The molecule has 0 bridgehead atoms. The summed E-state index contributed by atoms with van der Waals surface area (Å²) in [4.78, 5) is 10.8. The third-order valence-corrected chi connectivity index (χ3v) is 2.54. The molecule has 1 rings (SSSR count). The van der Waals surface area contributed by atoms with Crippen LogP contribution >= 0.6 is 11.6 Å². The molecule has 0 unspecified atom stereocenters. The Morgan fingerprint density at radius 2 is 2.00 bits per heavy atom. The maximum Gasteiger partial charge on any atom is 0.252 e. The second-order valence-corrected chi connectivity index (χ2v) is 4.07. The Kier molecular flexibility index (Phi) is 6.41. The van der Waals surface area contributed by atoms with Gasteiger partial charge in [-0.15, -0.1) is 0 Å². The van der Waals surface area contributed by atoms with E-state index in [1.165, 1.54) is 12.8 Å². The third kappa shape index (κ3) is 5.55. The molecular formula is C14H17ClO2. The first-order valence-electron chi connectivity index (χ1n) is 5.81. The van der Waals surface area contributed by atoms with Gasteiger partial charge < -0.3 is 4.74 Å². The standard InChI is InChI=1S/C14H17ClO2/c1-2-3-4-5-6-11-17-13-9-7-12(8-10-13)14(15)16/h5-10H,2-4,11H2,1H3. The number of unbranched alkanes of at least 4 members (excludes halogenated alkanes) is 2. The molecule has 0 fully saturated rings. The maximum atomic E-state index is 10.8. The van der Waals surface area contributed by atoms with Crippen molar-refractivity contribution in [3.8, 4) is 5.75 Å². The molecule has 0 spiro atoms. The van der Waals surface area contributed by atoms with Gasteiger partial charge in [-0.05, 0) is 42.3 Å². The van der Waals surface area contributed by atoms with Crippen molar-refractivity contribution in [2.24, 2.45) is 0 Å². The zero-order valence-corrected chi connectivity index (χ0v) is 10.7. The summed E-state index contributed by atoms with van der Waals surface area (Å²) < 4.78 is 5.48. The van der Waals surface area contributed by atoms with E-state index in [4.69, 9.17) is 16.3 Å². The molecule has 2 nitrogen and oxygen atoms in total. The summed E-state index contributed by atoms with van der Waals surface area (Å²) in [6, 6.07) is 6.81. The minimum atomic E-state index is -0.448. The van der Waals surface area contributed by atoms with Gasteiger partial charge in [-0.25, -0.2) is 0 Å². The van der Waals surface area contributed by atoms with E-state index < -0.39 is 5.24 Å². The SMILES string of the molecule is CCCCC=CCOc1ccc(C(=O)Cl)cc1. The zero-order valence-electron chi connectivity index (χ0n) is 9.99. The van der Waals surface area contributed by atoms with E-state index in [1.54, 1.807) is 24.3 Å². The highest BCUT2D eigenvalue weighted by molar-refractivity contribution is 6.67. The van der Waals surface area contributed by atoms with Gasteiger partial charge in [-0.3, -0.25) is 4.79 Å².